The van der Waals surface area contributed by atoms with Crippen molar-refractivity contribution in [1.82, 2.24) is 29.8 Å². The van der Waals surface area contributed by atoms with Gasteiger partial charge in [-0.05, 0) is 38.0 Å². The second-order valence-electron chi connectivity index (χ2n) is 11.8. The summed E-state index contributed by atoms with van der Waals surface area (Å²) in [6.45, 7) is 9.59. The van der Waals surface area contributed by atoms with Gasteiger partial charge in [0, 0.05) is 64.6 Å². The number of alkyl halides is 3. The predicted molar refractivity (Wildman–Crippen MR) is 141 cm³/mol. The molecule has 2 saturated heterocycles. The Morgan fingerprint density at radius 1 is 1.21 bits per heavy atom. The Morgan fingerprint density at radius 2 is 1.95 bits per heavy atom. The summed E-state index contributed by atoms with van der Waals surface area (Å²) >= 11 is 0. The summed E-state index contributed by atoms with van der Waals surface area (Å²) in [5, 5.41) is 7.90. The number of ether oxygens (including phenoxy) is 1. The second-order valence-corrected chi connectivity index (χ2v) is 11.8. The lowest BCUT2D eigenvalue weighted by Gasteiger charge is -2.36. The molecule has 5 rings (SSSR count). The summed E-state index contributed by atoms with van der Waals surface area (Å²) in [5.41, 5.74) is -0.0578. The van der Waals surface area contributed by atoms with Crippen molar-refractivity contribution in [3.8, 4) is 0 Å². The van der Waals surface area contributed by atoms with Gasteiger partial charge in [-0.1, -0.05) is 13.8 Å². The highest BCUT2D eigenvalue weighted by Gasteiger charge is 2.62. The first-order chi connectivity index (χ1) is 18.6. The number of piperazine rings is 1. The number of methoxy groups -OCH3 is 1. The van der Waals surface area contributed by atoms with Gasteiger partial charge in [-0.25, -0.2) is 9.50 Å². The molecule has 2 aliphatic heterocycles. The summed E-state index contributed by atoms with van der Waals surface area (Å²) in [6, 6.07) is 0. The number of anilines is 1. The maximum Gasteiger partial charge on any atom is 0.394 e. The third-order valence-electron chi connectivity index (χ3n) is 8.80. The third-order valence-corrected chi connectivity index (χ3v) is 8.80. The lowest BCUT2D eigenvalue weighted by atomic mass is 9.88. The van der Waals surface area contributed by atoms with Crippen LogP contribution in [0.25, 0.3) is 5.78 Å². The first kappa shape index (κ1) is 28.1. The number of nitrogens with zero attached hydrogens (tertiary/aromatic N) is 6. The van der Waals surface area contributed by atoms with Crippen LogP contribution in [-0.4, -0.2) is 89.6 Å². The maximum atomic E-state index is 13.4. The zero-order valence-electron chi connectivity index (χ0n) is 23.1. The van der Waals surface area contributed by atoms with Crippen LogP contribution in [-0.2, 0) is 16.0 Å². The minimum Gasteiger partial charge on any atom is -0.383 e. The largest absolute Gasteiger partial charge is 0.394 e. The van der Waals surface area contributed by atoms with Crippen molar-refractivity contribution in [1.29, 1.82) is 0 Å². The molecule has 216 valence electrons. The molecule has 0 radical (unpaired) electrons. The molecule has 1 saturated carbocycles. The number of amides is 1. The Balaban J connectivity index is 1.38. The zero-order valence-corrected chi connectivity index (χ0v) is 23.1. The number of hydrogen-bond donors (Lipinski definition) is 1. The van der Waals surface area contributed by atoms with Crippen LogP contribution in [0.15, 0.2) is 6.20 Å². The van der Waals surface area contributed by atoms with Crippen LogP contribution < -0.4 is 10.2 Å². The quantitative estimate of drug-likeness (QED) is 0.484. The summed E-state index contributed by atoms with van der Waals surface area (Å²) in [5.74, 6) is 1.30. The van der Waals surface area contributed by atoms with E-state index in [1.165, 1.54) is 0 Å². The molecule has 1 N–H and O–H groups in total. The molecule has 2 aromatic heterocycles. The summed E-state index contributed by atoms with van der Waals surface area (Å²) in [7, 11) is 1.70. The van der Waals surface area contributed by atoms with Gasteiger partial charge in [0.05, 0.1) is 23.9 Å². The van der Waals surface area contributed by atoms with Gasteiger partial charge in [-0.15, -0.1) is 0 Å². The van der Waals surface area contributed by atoms with Crippen molar-refractivity contribution >= 4 is 17.5 Å². The predicted octanol–water partition coefficient (Wildman–Crippen LogP) is 3.43. The molecule has 1 amide bonds. The zero-order chi connectivity index (χ0) is 27.8. The summed E-state index contributed by atoms with van der Waals surface area (Å²) in [4.78, 5) is 26.9. The molecule has 9 nitrogen and oxygen atoms in total. The summed E-state index contributed by atoms with van der Waals surface area (Å²) in [6.07, 6.45) is -0.113. The highest BCUT2D eigenvalue weighted by molar-refractivity contribution is 5.79. The van der Waals surface area contributed by atoms with E-state index < -0.39 is 11.6 Å². The SMILES string of the molecule is COCCN1CCN(c2nc3nc(C(C)CCC4(C(F)(F)F)CC4)cn3nc2C[C@H]2CC(C)CNC2=O)CC1. The van der Waals surface area contributed by atoms with Crippen molar-refractivity contribution in [2.45, 2.75) is 64.5 Å². The molecule has 2 unspecified atom stereocenters. The minimum atomic E-state index is -4.14. The van der Waals surface area contributed by atoms with E-state index in [9.17, 15) is 18.0 Å². The molecule has 3 fully saturated rings. The number of rotatable bonds is 10. The molecule has 39 heavy (non-hydrogen) atoms. The highest BCUT2D eigenvalue weighted by Crippen LogP contribution is 2.61. The Morgan fingerprint density at radius 3 is 2.62 bits per heavy atom. The van der Waals surface area contributed by atoms with Crippen LogP contribution in [0.3, 0.4) is 0 Å². The Labute approximate surface area is 227 Å². The average molecular weight is 552 g/mol. The molecular formula is C27H40F3N7O2. The van der Waals surface area contributed by atoms with Crippen LogP contribution in [0.1, 0.15) is 63.3 Å². The van der Waals surface area contributed by atoms with Gasteiger partial charge in [0.2, 0.25) is 5.91 Å². The van der Waals surface area contributed by atoms with Gasteiger partial charge < -0.3 is 15.0 Å². The minimum absolute atomic E-state index is 0.0453. The topological polar surface area (TPSA) is 87.9 Å². The monoisotopic (exact) mass is 551 g/mol. The number of carbonyl (C=O) groups is 1. The number of halogens is 3. The molecule has 3 aliphatic rings. The van der Waals surface area contributed by atoms with Crippen molar-refractivity contribution in [3.63, 3.8) is 0 Å². The lowest BCUT2D eigenvalue weighted by Crippen LogP contribution is -2.48. The highest BCUT2D eigenvalue weighted by atomic mass is 19.4. The third kappa shape index (κ3) is 6.16. The van der Waals surface area contributed by atoms with Crippen LogP contribution in [0, 0.1) is 17.3 Å². The number of nitrogens with one attached hydrogen (secondary N) is 1. The number of hydrogen-bond acceptors (Lipinski definition) is 7. The number of piperidine rings is 1. The molecule has 0 spiro atoms. The molecule has 0 bridgehead atoms. The van der Waals surface area contributed by atoms with Crippen LogP contribution in [0.2, 0.25) is 0 Å². The smallest absolute Gasteiger partial charge is 0.383 e. The normalized spacial score (nSPS) is 24.7. The van der Waals surface area contributed by atoms with Gasteiger partial charge in [-0.3, -0.25) is 9.69 Å². The Bertz CT molecular complexity index is 1160. The van der Waals surface area contributed by atoms with E-state index in [2.05, 4.69) is 22.0 Å². The second kappa shape index (κ2) is 11.2. The molecule has 4 heterocycles. The molecule has 3 atom stereocenters. The first-order valence-electron chi connectivity index (χ1n) is 14.2. The number of carbonyl (C=O) groups excluding carboxylic acids is 1. The van der Waals surface area contributed by atoms with E-state index in [0.717, 1.165) is 50.7 Å². The standard InChI is InChI=1S/C27H40F3N7O2/c1-18-14-20(24(38)31-16-18)15-21-23(36-10-8-35(9-11-36)12-13-39-3)33-25-32-22(17-37(25)34-21)19(2)4-5-26(6-7-26)27(28,29)30/h17-20H,4-16H2,1-3H3,(H,31,38)/t18?,19?,20-/m1/s1. The average Bonchev–Trinajstić information content (AvgIpc) is 3.60. The molecule has 1 aliphatic carbocycles. The lowest BCUT2D eigenvalue weighted by molar-refractivity contribution is -0.189. The van der Waals surface area contributed by atoms with Gasteiger partial charge in [-0.2, -0.15) is 23.3 Å². The number of fused-ring (bicyclic) bond motifs is 1. The van der Waals surface area contributed by atoms with E-state index in [1.54, 1.807) is 17.8 Å². The van der Waals surface area contributed by atoms with Gasteiger partial charge in [0.25, 0.3) is 5.78 Å². The number of imidazole rings is 1. The maximum absolute atomic E-state index is 13.4. The Kier molecular flexibility index (Phi) is 8.05. The Hall–Kier alpha value is -2.47. The summed E-state index contributed by atoms with van der Waals surface area (Å²) < 4.78 is 47.1. The first-order valence-corrected chi connectivity index (χ1v) is 14.2. The fourth-order valence-electron chi connectivity index (χ4n) is 5.86. The van der Waals surface area contributed by atoms with E-state index in [1.807, 2.05) is 6.92 Å². The molecule has 0 aromatic carbocycles. The van der Waals surface area contributed by atoms with Gasteiger partial charge in [0.1, 0.15) is 5.69 Å². The van der Waals surface area contributed by atoms with Crippen LogP contribution in [0.4, 0.5) is 19.0 Å². The van der Waals surface area contributed by atoms with Crippen molar-refractivity contribution in [2.75, 3.05) is 57.9 Å². The van der Waals surface area contributed by atoms with E-state index in [-0.39, 0.29) is 37.0 Å². The fraction of sp³-hybridized carbons (Fsp3) is 0.778. The van der Waals surface area contributed by atoms with Crippen molar-refractivity contribution < 1.29 is 22.7 Å². The van der Waals surface area contributed by atoms with Crippen molar-refractivity contribution in [3.05, 3.63) is 17.6 Å². The molecular weight excluding hydrogens is 511 g/mol. The fourth-order valence-corrected chi connectivity index (χ4v) is 5.86. The van der Waals surface area contributed by atoms with E-state index >= 15 is 0 Å². The van der Waals surface area contributed by atoms with Crippen molar-refractivity contribution in [2.24, 2.45) is 17.3 Å². The molecule has 2 aromatic rings. The van der Waals surface area contributed by atoms with Gasteiger partial charge >= 0.3 is 6.18 Å². The van der Waals surface area contributed by atoms with E-state index in [4.69, 9.17) is 19.8 Å². The van der Waals surface area contributed by atoms with Crippen LogP contribution >= 0.6 is 0 Å². The van der Waals surface area contributed by atoms with E-state index in [0.29, 0.717) is 43.4 Å². The number of aromatic nitrogens is 4. The van der Waals surface area contributed by atoms with Gasteiger partial charge in [0.15, 0.2) is 5.82 Å². The molecule has 12 heteroatoms. The van der Waals surface area contributed by atoms with Crippen LogP contribution in [0.5, 0.6) is 0 Å².